The predicted molar refractivity (Wildman–Crippen MR) is 42.0 cm³/mol. The van der Waals surface area contributed by atoms with E-state index < -0.39 is 49.5 Å². The molecule has 3 heteroatoms. The zero-order chi connectivity index (χ0) is 16.4. The molecule has 0 bridgehead atoms. The van der Waals surface area contributed by atoms with Crippen LogP contribution in [0.5, 0.6) is 0 Å². The van der Waals surface area contributed by atoms with Gasteiger partial charge in [-0.15, -0.1) is 0 Å². The van der Waals surface area contributed by atoms with Gasteiger partial charge in [0, 0.05) is 20.6 Å². The van der Waals surface area contributed by atoms with Gasteiger partial charge in [0.05, 0.1) is 11.5 Å². The molecule has 0 radical (unpaired) electrons. The first kappa shape index (κ1) is 1.85. The number of hydrogen-bond acceptors (Lipinski definition) is 3. The van der Waals surface area contributed by atoms with Crippen LogP contribution in [0.3, 0.4) is 0 Å². The van der Waals surface area contributed by atoms with Crippen molar-refractivity contribution in [2.45, 2.75) is 18.8 Å². The van der Waals surface area contributed by atoms with E-state index in [2.05, 4.69) is 9.97 Å². The molecule has 1 aliphatic rings. The lowest BCUT2D eigenvalue weighted by Crippen LogP contribution is -2.15. The predicted octanol–water partition coefficient (Wildman–Crippen LogP) is 0.901. The third kappa shape index (κ3) is 1.38. The van der Waals surface area contributed by atoms with E-state index in [0.717, 1.165) is 0 Å². The van der Waals surface area contributed by atoms with Crippen molar-refractivity contribution in [1.82, 2.24) is 15.3 Å². The van der Waals surface area contributed by atoms with Crippen molar-refractivity contribution in [2.24, 2.45) is 0 Å². The van der Waals surface area contributed by atoms with Crippen molar-refractivity contribution in [3.05, 3.63) is 24.2 Å². The third-order valence-corrected chi connectivity index (χ3v) is 1.10. The van der Waals surface area contributed by atoms with E-state index in [0.29, 0.717) is 0 Å². The van der Waals surface area contributed by atoms with Gasteiger partial charge in [0.15, 0.2) is 0 Å². The molecular formula is C8H11N3. The molecule has 1 aromatic rings. The van der Waals surface area contributed by atoms with Crippen molar-refractivity contribution in [3.8, 4) is 0 Å². The average molecular weight is 159 g/mol. The number of aromatic nitrogens is 2. The normalized spacial score (nSPS) is 57.5. The Bertz CT molecular complexity index is 579. The summed E-state index contributed by atoms with van der Waals surface area (Å²) in [7, 11) is 0. The SMILES string of the molecule is [2H]c1nc(C2([2H])NC([2H])([2H])C([2H])([2H])C2([2H])[2H])nc([2H])c1[2H]. The van der Waals surface area contributed by atoms with Crippen LogP contribution in [0.15, 0.2) is 18.4 Å². The monoisotopic (exact) mass is 159 g/mol. The van der Waals surface area contributed by atoms with E-state index >= 15 is 0 Å². The largest absolute Gasteiger partial charge is 0.307 e. The second-order valence-corrected chi connectivity index (χ2v) is 1.77. The molecule has 1 atom stereocenters. The van der Waals surface area contributed by atoms with Gasteiger partial charge in [-0.1, -0.05) is 0 Å². The molecule has 0 amide bonds. The van der Waals surface area contributed by atoms with Gasteiger partial charge in [-0.3, -0.25) is 0 Å². The lowest BCUT2D eigenvalue weighted by molar-refractivity contribution is 0.604. The van der Waals surface area contributed by atoms with Crippen molar-refractivity contribution in [1.29, 1.82) is 0 Å². The van der Waals surface area contributed by atoms with Crippen molar-refractivity contribution < 1.29 is 13.7 Å². The zero-order valence-electron chi connectivity index (χ0n) is 15.4. The van der Waals surface area contributed by atoms with E-state index in [9.17, 15) is 0 Å². The minimum absolute atomic E-state index is 0.619. The van der Waals surface area contributed by atoms with E-state index in [4.69, 9.17) is 13.7 Å². The van der Waals surface area contributed by atoms with Gasteiger partial charge >= 0.3 is 0 Å². The summed E-state index contributed by atoms with van der Waals surface area (Å²) in [6, 6.07) is -3.36. The van der Waals surface area contributed by atoms with Crippen molar-refractivity contribution >= 4 is 0 Å². The van der Waals surface area contributed by atoms with Crippen molar-refractivity contribution in [2.75, 3.05) is 6.50 Å². The molecule has 1 saturated heterocycles. The fraction of sp³-hybridized carbons (Fsp3) is 0.500. The second-order valence-electron chi connectivity index (χ2n) is 1.77. The number of hydrogen-bond donors (Lipinski definition) is 1. The van der Waals surface area contributed by atoms with E-state index in [1.165, 1.54) is 0 Å². The van der Waals surface area contributed by atoms with Crippen LogP contribution >= 0.6 is 0 Å². The van der Waals surface area contributed by atoms with Gasteiger partial charge < -0.3 is 5.32 Å². The summed E-state index contributed by atoms with van der Waals surface area (Å²) in [6.45, 7) is -2.88. The molecule has 1 N–H and O–H groups in total. The maximum Gasteiger partial charge on any atom is 0.145 e. The average Bonchev–Trinajstić information content (AvgIpc) is 2.42. The lowest BCUT2D eigenvalue weighted by Gasteiger charge is -2.06. The molecule has 0 saturated carbocycles. The fourth-order valence-corrected chi connectivity index (χ4v) is 0.654. The Kier molecular flexibility index (Phi) is 0.499. The summed E-state index contributed by atoms with van der Waals surface area (Å²) in [5.41, 5.74) is 0. The summed E-state index contributed by atoms with van der Waals surface area (Å²) in [5, 5.41) is 1.87. The van der Waals surface area contributed by atoms with Crippen molar-refractivity contribution in [3.63, 3.8) is 0 Å². The topological polar surface area (TPSA) is 37.8 Å². The van der Waals surface area contributed by atoms with E-state index in [-0.39, 0.29) is 0 Å². The Labute approximate surface area is 79.9 Å². The maximum atomic E-state index is 8.08. The molecule has 0 aromatic carbocycles. The molecule has 1 aromatic heterocycles. The maximum absolute atomic E-state index is 8.08. The van der Waals surface area contributed by atoms with Crippen LogP contribution in [-0.4, -0.2) is 16.5 Å². The van der Waals surface area contributed by atoms with Crippen LogP contribution in [0.4, 0.5) is 0 Å². The smallest absolute Gasteiger partial charge is 0.145 e. The van der Waals surface area contributed by atoms with Crippen LogP contribution in [-0.2, 0) is 0 Å². The highest BCUT2D eigenvalue weighted by Gasteiger charge is 2.17. The Morgan fingerprint density at radius 3 is 3.18 bits per heavy atom. The summed E-state index contributed by atoms with van der Waals surface area (Å²) in [4.78, 5) is 6.88. The fourth-order valence-electron chi connectivity index (χ4n) is 0.654. The van der Waals surface area contributed by atoms with Gasteiger partial charge in [0.2, 0.25) is 0 Å². The Morgan fingerprint density at radius 2 is 2.55 bits per heavy atom. The molecule has 1 aliphatic heterocycles. The Morgan fingerprint density at radius 1 is 1.73 bits per heavy atom. The molecular weight excluding hydrogens is 138 g/mol. The molecule has 1 unspecified atom stereocenters. The summed E-state index contributed by atoms with van der Waals surface area (Å²) >= 11 is 0. The number of nitrogens with one attached hydrogen (secondary N) is 1. The van der Waals surface area contributed by atoms with Gasteiger partial charge in [-0.2, -0.15) is 0 Å². The first-order valence-corrected chi connectivity index (χ1v) is 2.89. The third-order valence-electron chi connectivity index (χ3n) is 1.10. The summed E-state index contributed by atoms with van der Waals surface area (Å²) in [5.74, 6) is -0.760. The highest BCUT2D eigenvalue weighted by molar-refractivity contribution is 4.97. The summed E-state index contributed by atoms with van der Waals surface area (Å²) in [6.07, 6.45) is -7.59. The molecule has 0 aliphatic carbocycles. The first-order valence-electron chi connectivity index (χ1n) is 7.89. The van der Waals surface area contributed by atoms with Crippen LogP contribution in [0.1, 0.15) is 38.3 Å². The molecule has 2 heterocycles. The zero-order valence-corrected chi connectivity index (χ0v) is 5.39. The highest BCUT2D eigenvalue weighted by Crippen LogP contribution is 2.18. The minimum Gasteiger partial charge on any atom is -0.307 e. The standard InChI is InChI=1S/C8H11N3/c1-3-7(9-4-1)8-10-5-2-6-11-8/h2,5-7,9H,1,3-4H2/i1D2,2D,3D2,4D2,5D,6D,7D. The van der Waals surface area contributed by atoms with E-state index in [1.807, 2.05) is 5.32 Å². The number of nitrogens with zero attached hydrogens (tertiary/aromatic N) is 2. The van der Waals surface area contributed by atoms with Gasteiger partial charge in [0.25, 0.3) is 0 Å². The van der Waals surface area contributed by atoms with Crippen LogP contribution < -0.4 is 5.32 Å². The molecule has 3 nitrogen and oxygen atoms in total. The Balaban J connectivity index is 2.68. The van der Waals surface area contributed by atoms with Crippen LogP contribution in [0.25, 0.3) is 0 Å². The van der Waals surface area contributed by atoms with Gasteiger partial charge in [-0.25, -0.2) is 9.97 Å². The molecule has 11 heavy (non-hydrogen) atoms. The highest BCUT2D eigenvalue weighted by atomic mass is 15.0. The molecule has 58 valence electrons. The molecule has 0 spiro atoms. The molecule has 1 fully saturated rings. The first-order chi connectivity index (χ1) is 9.28. The van der Waals surface area contributed by atoms with Crippen LogP contribution in [0, 0.1) is 0 Å². The number of rotatable bonds is 1. The lowest BCUT2D eigenvalue weighted by atomic mass is 10.2. The van der Waals surface area contributed by atoms with Crippen LogP contribution in [0.2, 0.25) is 0 Å². The Hall–Kier alpha value is -0.960. The minimum atomic E-state index is -3.08. The second kappa shape index (κ2) is 2.96. The molecule has 2 rings (SSSR count). The summed E-state index contributed by atoms with van der Waals surface area (Å²) < 4.78 is 76.0. The van der Waals surface area contributed by atoms with Gasteiger partial charge in [0.1, 0.15) is 5.82 Å². The quantitative estimate of drug-likeness (QED) is 0.661. The van der Waals surface area contributed by atoms with Gasteiger partial charge in [-0.05, 0) is 25.3 Å². The van der Waals surface area contributed by atoms with E-state index in [1.54, 1.807) is 0 Å².